The Bertz CT molecular complexity index is 1630. The van der Waals surface area contributed by atoms with Crippen molar-refractivity contribution in [1.29, 1.82) is 0 Å². The molecule has 0 fully saturated rings. The van der Waals surface area contributed by atoms with E-state index in [0.717, 1.165) is 28.5 Å². The summed E-state index contributed by atoms with van der Waals surface area (Å²) in [6.07, 6.45) is 5.64. The lowest BCUT2D eigenvalue weighted by Gasteiger charge is -2.31. The van der Waals surface area contributed by atoms with E-state index in [1.54, 1.807) is 30.7 Å². The molecule has 5 rings (SSSR count). The van der Waals surface area contributed by atoms with E-state index in [0.29, 0.717) is 29.5 Å². The van der Waals surface area contributed by atoms with Crippen LogP contribution < -0.4 is 10.2 Å². The summed E-state index contributed by atoms with van der Waals surface area (Å²) >= 11 is 0. The number of anilines is 1. The van der Waals surface area contributed by atoms with Gasteiger partial charge in [-0.2, -0.15) is 4.80 Å². The minimum atomic E-state index is -0.972. The Kier molecular flexibility index (Phi) is 8.38. The number of rotatable bonds is 10. The van der Waals surface area contributed by atoms with Crippen LogP contribution in [0.1, 0.15) is 37.4 Å². The number of nitrogens with zero attached hydrogens (tertiary/aromatic N) is 7. The van der Waals surface area contributed by atoms with Gasteiger partial charge in [0.05, 0.1) is 17.4 Å². The summed E-state index contributed by atoms with van der Waals surface area (Å²) < 4.78 is 0. The Morgan fingerprint density at radius 2 is 1.76 bits per heavy atom. The normalized spacial score (nSPS) is 11.9. The second-order valence-electron chi connectivity index (χ2n) is 10.3. The molecular formula is C31H32N8O2. The second-order valence-corrected chi connectivity index (χ2v) is 10.3. The summed E-state index contributed by atoms with van der Waals surface area (Å²) in [6, 6.07) is 19.8. The number of tetrazole rings is 1. The number of nitrogens with one attached hydrogen (secondary N) is 1. The highest BCUT2D eigenvalue weighted by Gasteiger charge is 2.33. The monoisotopic (exact) mass is 548 g/mol. The predicted molar refractivity (Wildman–Crippen MR) is 157 cm³/mol. The number of carbonyl (C=O) groups excluding carboxylic acids is 2. The van der Waals surface area contributed by atoms with Crippen molar-refractivity contribution in [3.63, 3.8) is 0 Å². The molecule has 0 aliphatic carbocycles. The molecular weight excluding hydrogens is 516 g/mol. The quantitative estimate of drug-likeness (QED) is 0.272. The molecule has 10 nitrogen and oxygen atoms in total. The van der Waals surface area contributed by atoms with Crippen LogP contribution in [0.4, 0.5) is 5.69 Å². The van der Waals surface area contributed by atoms with Gasteiger partial charge in [0.1, 0.15) is 12.6 Å². The van der Waals surface area contributed by atoms with Gasteiger partial charge in [-0.1, -0.05) is 61.9 Å². The van der Waals surface area contributed by atoms with E-state index in [4.69, 9.17) is 0 Å². The predicted octanol–water partition coefficient (Wildman–Crippen LogP) is 4.53. The van der Waals surface area contributed by atoms with Gasteiger partial charge in [0.2, 0.25) is 11.7 Å². The maximum Gasteiger partial charge on any atom is 0.251 e. The first kappa shape index (κ1) is 27.6. The summed E-state index contributed by atoms with van der Waals surface area (Å²) in [5.41, 5.74) is 3.80. The molecule has 0 bridgehead atoms. The number of carbonyl (C=O) groups is 2. The third-order valence-electron chi connectivity index (χ3n) is 6.71. The van der Waals surface area contributed by atoms with Gasteiger partial charge in [0.15, 0.2) is 0 Å². The van der Waals surface area contributed by atoms with Gasteiger partial charge in [-0.25, -0.2) is 0 Å². The highest BCUT2D eigenvalue weighted by atomic mass is 16.2. The van der Waals surface area contributed by atoms with Crippen LogP contribution in [0.5, 0.6) is 0 Å². The molecule has 3 heterocycles. The van der Waals surface area contributed by atoms with Crippen molar-refractivity contribution in [3.8, 4) is 11.4 Å². The fourth-order valence-electron chi connectivity index (χ4n) is 4.50. The third kappa shape index (κ3) is 6.60. The molecule has 0 spiro atoms. The summed E-state index contributed by atoms with van der Waals surface area (Å²) in [5.74, 6) is 0.132. The maximum atomic E-state index is 14.1. The van der Waals surface area contributed by atoms with Gasteiger partial charge in [-0.05, 0) is 54.3 Å². The van der Waals surface area contributed by atoms with Crippen LogP contribution in [0.25, 0.3) is 22.3 Å². The van der Waals surface area contributed by atoms with Crippen molar-refractivity contribution in [2.75, 3.05) is 11.4 Å². The van der Waals surface area contributed by atoms with Gasteiger partial charge < -0.3 is 5.32 Å². The highest BCUT2D eigenvalue weighted by Crippen LogP contribution is 2.30. The number of benzene rings is 2. The third-order valence-corrected chi connectivity index (χ3v) is 6.71. The Hall–Kier alpha value is -4.99. The van der Waals surface area contributed by atoms with Crippen LogP contribution in [-0.2, 0) is 16.1 Å². The van der Waals surface area contributed by atoms with Gasteiger partial charge in [-0.3, -0.25) is 24.5 Å². The Morgan fingerprint density at radius 1 is 1.00 bits per heavy atom. The summed E-state index contributed by atoms with van der Waals surface area (Å²) in [5, 5.41) is 16.6. The van der Waals surface area contributed by atoms with Crippen molar-refractivity contribution in [3.05, 3.63) is 96.4 Å². The number of pyridine rings is 2. The fraction of sp³-hybridized carbons (Fsp3) is 0.258. The number of amides is 2. The Morgan fingerprint density at radius 3 is 2.51 bits per heavy atom. The van der Waals surface area contributed by atoms with Crippen LogP contribution in [0.2, 0.25) is 0 Å². The average molecular weight is 549 g/mol. The number of aromatic nitrogens is 6. The number of fused-ring (bicyclic) bond motifs is 1. The lowest BCUT2D eigenvalue weighted by atomic mass is 10.0. The van der Waals surface area contributed by atoms with E-state index in [1.165, 1.54) is 9.70 Å². The second kappa shape index (κ2) is 12.5. The van der Waals surface area contributed by atoms with E-state index < -0.39 is 11.9 Å². The van der Waals surface area contributed by atoms with Crippen LogP contribution >= 0.6 is 0 Å². The first-order chi connectivity index (χ1) is 19.9. The Labute approximate surface area is 238 Å². The van der Waals surface area contributed by atoms with Gasteiger partial charge >= 0.3 is 0 Å². The SMILES string of the molecule is Cc1ccc(-c2nnn(CC(=O)N(c3cnc4ccccc4c3)C(C(=O)NCCC(C)C)c3ccncc3)n2)cc1. The number of para-hydroxylation sites is 1. The fourth-order valence-corrected chi connectivity index (χ4v) is 4.50. The van der Waals surface area contributed by atoms with E-state index in [9.17, 15) is 9.59 Å². The first-order valence-electron chi connectivity index (χ1n) is 13.6. The number of aryl methyl sites for hydroxylation is 1. The minimum absolute atomic E-state index is 0.230. The summed E-state index contributed by atoms with van der Waals surface area (Å²) in [7, 11) is 0. The lowest BCUT2D eigenvalue weighted by molar-refractivity contribution is -0.127. The molecule has 2 aromatic carbocycles. The maximum absolute atomic E-state index is 14.1. The Balaban J connectivity index is 1.53. The molecule has 2 amide bonds. The lowest BCUT2D eigenvalue weighted by Crippen LogP contribution is -2.45. The van der Waals surface area contributed by atoms with Crippen molar-refractivity contribution >= 4 is 28.4 Å². The van der Waals surface area contributed by atoms with Crippen LogP contribution in [0.3, 0.4) is 0 Å². The number of hydrogen-bond donors (Lipinski definition) is 1. The molecule has 0 saturated heterocycles. The molecule has 41 heavy (non-hydrogen) atoms. The van der Waals surface area contributed by atoms with E-state index in [1.807, 2.05) is 61.5 Å². The van der Waals surface area contributed by atoms with Crippen LogP contribution in [0.15, 0.2) is 85.3 Å². The molecule has 1 unspecified atom stereocenters. The molecule has 0 saturated carbocycles. The van der Waals surface area contributed by atoms with Gasteiger partial charge in [-0.15, -0.1) is 10.2 Å². The molecule has 0 aliphatic heterocycles. The first-order valence-corrected chi connectivity index (χ1v) is 13.6. The molecule has 208 valence electrons. The summed E-state index contributed by atoms with van der Waals surface area (Å²) in [4.78, 5) is 39.3. The largest absolute Gasteiger partial charge is 0.354 e. The zero-order valence-electron chi connectivity index (χ0n) is 23.3. The van der Waals surface area contributed by atoms with E-state index >= 15 is 0 Å². The van der Waals surface area contributed by atoms with Crippen molar-refractivity contribution < 1.29 is 9.59 Å². The smallest absolute Gasteiger partial charge is 0.251 e. The van der Waals surface area contributed by atoms with E-state index in [2.05, 4.69) is 44.5 Å². The van der Waals surface area contributed by atoms with Crippen molar-refractivity contribution in [2.24, 2.45) is 5.92 Å². The van der Waals surface area contributed by atoms with Gasteiger partial charge in [0.25, 0.3) is 5.91 Å². The molecule has 0 aliphatic rings. The molecule has 1 atom stereocenters. The van der Waals surface area contributed by atoms with Crippen LogP contribution in [0, 0.1) is 12.8 Å². The zero-order valence-corrected chi connectivity index (χ0v) is 23.3. The van der Waals surface area contributed by atoms with Gasteiger partial charge in [0, 0.05) is 29.9 Å². The minimum Gasteiger partial charge on any atom is -0.354 e. The van der Waals surface area contributed by atoms with Crippen molar-refractivity contribution in [2.45, 2.75) is 39.8 Å². The van der Waals surface area contributed by atoms with Crippen molar-refractivity contribution in [1.82, 2.24) is 35.5 Å². The molecule has 1 N–H and O–H groups in total. The molecule has 3 aromatic heterocycles. The number of hydrogen-bond acceptors (Lipinski definition) is 7. The molecule has 0 radical (unpaired) electrons. The highest BCUT2D eigenvalue weighted by molar-refractivity contribution is 6.02. The van der Waals surface area contributed by atoms with Crippen LogP contribution in [-0.4, -0.2) is 48.5 Å². The molecule has 10 heteroatoms. The topological polar surface area (TPSA) is 119 Å². The summed E-state index contributed by atoms with van der Waals surface area (Å²) in [6.45, 7) is 6.45. The average Bonchev–Trinajstić information content (AvgIpc) is 3.44. The molecule has 5 aromatic rings. The standard InChI is InChI=1S/C31H32N8O2/c1-21(2)12-17-33-31(41)29(23-13-15-32-16-14-23)39(26-18-25-6-4-5-7-27(25)34-19-26)28(40)20-38-36-30(35-37-38)24-10-8-22(3)9-11-24/h4-11,13-16,18-19,21,29H,12,17,20H2,1-3H3,(H,33,41). The van der Waals surface area contributed by atoms with E-state index in [-0.39, 0.29) is 12.5 Å². The zero-order chi connectivity index (χ0) is 28.8.